The molecule has 1 N–H and O–H groups in total. The number of carbonyl (C=O) groups is 3. The molecule has 1 heterocycles. The third-order valence-electron chi connectivity index (χ3n) is 3.27. The molecule has 2 rings (SSSR count). The van der Waals surface area contributed by atoms with Crippen LogP contribution in [0.3, 0.4) is 0 Å². The van der Waals surface area contributed by atoms with Crippen molar-refractivity contribution < 1.29 is 23.9 Å². The third kappa shape index (κ3) is 5.86. The van der Waals surface area contributed by atoms with E-state index >= 15 is 0 Å². The summed E-state index contributed by atoms with van der Waals surface area (Å²) >= 11 is 5.71. The number of nitrogens with zero attached hydrogens (tertiary/aromatic N) is 1. The van der Waals surface area contributed by atoms with E-state index in [0.29, 0.717) is 22.2 Å². The number of nitrogens with one attached hydrogen (secondary N) is 1. The lowest BCUT2D eigenvalue weighted by Gasteiger charge is -2.13. The van der Waals surface area contributed by atoms with E-state index in [-0.39, 0.29) is 12.4 Å². The second kappa shape index (κ2) is 8.96. The molecule has 0 saturated carbocycles. The van der Waals surface area contributed by atoms with Crippen LogP contribution in [0.1, 0.15) is 24.2 Å². The highest BCUT2D eigenvalue weighted by molar-refractivity contribution is 6.30. The molecule has 0 fully saturated rings. The van der Waals surface area contributed by atoms with Crippen molar-refractivity contribution in [1.29, 1.82) is 0 Å². The first-order chi connectivity index (χ1) is 12.3. The zero-order valence-electron chi connectivity index (χ0n) is 14.2. The molecule has 2 aromatic rings. The Morgan fingerprint density at radius 1 is 1.15 bits per heavy atom. The van der Waals surface area contributed by atoms with Crippen molar-refractivity contribution in [2.45, 2.75) is 20.0 Å². The van der Waals surface area contributed by atoms with E-state index in [4.69, 9.17) is 21.1 Å². The monoisotopic (exact) mass is 376 g/mol. The molecule has 1 aromatic heterocycles. The summed E-state index contributed by atoms with van der Waals surface area (Å²) in [6.45, 7) is 2.53. The predicted octanol–water partition coefficient (Wildman–Crippen LogP) is 2.89. The number of rotatable bonds is 7. The zero-order chi connectivity index (χ0) is 19.1. The number of anilines is 1. The Hall–Kier alpha value is -2.93. The summed E-state index contributed by atoms with van der Waals surface area (Å²) < 4.78 is 10.3. The largest absolute Gasteiger partial charge is 0.482 e. The Morgan fingerprint density at radius 3 is 2.42 bits per heavy atom. The minimum absolute atomic E-state index is 0.0639. The van der Waals surface area contributed by atoms with E-state index in [2.05, 4.69) is 10.3 Å². The van der Waals surface area contributed by atoms with Gasteiger partial charge in [0.15, 0.2) is 18.5 Å². The summed E-state index contributed by atoms with van der Waals surface area (Å²) in [6, 6.07) is 9.45. The Labute approximate surface area is 155 Å². The molecule has 0 aliphatic rings. The minimum Gasteiger partial charge on any atom is -0.482 e. The maximum absolute atomic E-state index is 12.0. The molecule has 0 aliphatic heterocycles. The lowest BCUT2D eigenvalue weighted by atomic mass is 10.1. The Bertz CT molecular complexity index is 790. The second-order valence-electron chi connectivity index (χ2n) is 5.35. The zero-order valence-corrected chi connectivity index (χ0v) is 14.9. The number of pyridine rings is 1. The van der Waals surface area contributed by atoms with Gasteiger partial charge in [0.2, 0.25) is 0 Å². The number of ether oxygens (including phenoxy) is 2. The molecule has 136 valence electrons. The van der Waals surface area contributed by atoms with Gasteiger partial charge in [0.05, 0.1) is 5.02 Å². The minimum atomic E-state index is -1.02. The van der Waals surface area contributed by atoms with Gasteiger partial charge >= 0.3 is 5.97 Å². The quantitative estimate of drug-likeness (QED) is 0.589. The number of hydrogen-bond donors (Lipinski definition) is 1. The van der Waals surface area contributed by atoms with E-state index < -0.39 is 18.0 Å². The second-order valence-corrected chi connectivity index (χ2v) is 5.79. The molecule has 26 heavy (non-hydrogen) atoms. The van der Waals surface area contributed by atoms with Crippen molar-refractivity contribution in [3.8, 4) is 5.75 Å². The van der Waals surface area contributed by atoms with Crippen LogP contribution in [-0.2, 0) is 14.3 Å². The molecule has 7 nitrogen and oxygen atoms in total. The normalized spacial score (nSPS) is 11.3. The number of amides is 1. The molecular weight excluding hydrogens is 360 g/mol. The van der Waals surface area contributed by atoms with E-state index in [0.717, 1.165) is 0 Å². The number of benzene rings is 1. The van der Waals surface area contributed by atoms with Gasteiger partial charge in [0, 0.05) is 11.8 Å². The van der Waals surface area contributed by atoms with Gasteiger partial charge in [-0.3, -0.25) is 9.59 Å². The lowest BCUT2D eigenvalue weighted by Crippen LogP contribution is -2.31. The first-order valence-electron chi connectivity index (χ1n) is 7.71. The molecule has 0 bridgehead atoms. The standard InChI is InChI=1S/C18H17ClN2O5/c1-11(22)13-3-6-15(7-4-13)25-10-17(23)26-12(2)18(24)21-16-8-5-14(19)9-20-16/h3-9,12H,10H2,1-2H3,(H,20,21,24)/t12-/m1/s1. The molecule has 0 saturated heterocycles. The fourth-order valence-corrected chi connectivity index (χ4v) is 2.00. The summed E-state index contributed by atoms with van der Waals surface area (Å²) in [7, 11) is 0. The third-order valence-corrected chi connectivity index (χ3v) is 3.50. The van der Waals surface area contributed by atoms with Crippen LogP contribution in [0, 0.1) is 0 Å². The number of halogens is 1. The average Bonchev–Trinajstić information content (AvgIpc) is 2.62. The molecule has 0 aliphatic carbocycles. The van der Waals surface area contributed by atoms with Crippen LogP contribution in [0.5, 0.6) is 5.75 Å². The van der Waals surface area contributed by atoms with Crippen LogP contribution < -0.4 is 10.1 Å². The number of Topliss-reactive ketones (excluding diaryl/α,β-unsaturated/α-hetero) is 1. The van der Waals surface area contributed by atoms with Crippen LogP contribution in [0.2, 0.25) is 5.02 Å². The molecular formula is C18H17ClN2O5. The van der Waals surface area contributed by atoms with Gasteiger partial charge in [-0.25, -0.2) is 9.78 Å². The van der Waals surface area contributed by atoms with E-state index in [1.165, 1.54) is 26.1 Å². The predicted molar refractivity (Wildman–Crippen MR) is 95.4 cm³/mol. The van der Waals surface area contributed by atoms with Crippen LogP contribution in [-0.4, -0.2) is 35.4 Å². The maximum Gasteiger partial charge on any atom is 0.344 e. The van der Waals surface area contributed by atoms with Gasteiger partial charge in [0.25, 0.3) is 5.91 Å². The molecule has 1 atom stereocenters. The molecule has 1 amide bonds. The SMILES string of the molecule is CC(=O)c1ccc(OCC(=O)O[C@H](C)C(=O)Nc2ccc(Cl)cn2)cc1. The van der Waals surface area contributed by atoms with Gasteiger partial charge in [-0.15, -0.1) is 0 Å². The highest BCUT2D eigenvalue weighted by Gasteiger charge is 2.18. The van der Waals surface area contributed by atoms with Crippen molar-refractivity contribution in [2.24, 2.45) is 0 Å². The van der Waals surface area contributed by atoms with Crippen LogP contribution in [0.4, 0.5) is 5.82 Å². The van der Waals surface area contributed by atoms with Crippen LogP contribution >= 0.6 is 11.6 Å². The van der Waals surface area contributed by atoms with Crippen molar-refractivity contribution in [1.82, 2.24) is 4.98 Å². The number of hydrogen-bond acceptors (Lipinski definition) is 6. The Kier molecular flexibility index (Phi) is 6.68. The number of esters is 1. The van der Waals surface area contributed by atoms with Crippen molar-refractivity contribution >= 4 is 35.1 Å². The number of ketones is 1. The Balaban J connectivity index is 1.79. The summed E-state index contributed by atoms with van der Waals surface area (Å²) in [4.78, 5) is 38.9. The highest BCUT2D eigenvalue weighted by Crippen LogP contribution is 2.13. The topological polar surface area (TPSA) is 94.6 Å². The smallest absolute Gasteiger partial charge is 0.344 e. The number of aromatic nitrogens is 1. The van der Waals surface area contributed by atoms with Crippen LogP contribution in [0.25, 0.3) is 0 Å². The Morgan fingerprint density at radius 2 is 1.85 bits per heavy atom. The fourth-order valence-electron chi connectivity index (χ4n) is 1.89. The highest BCUT2D eigenvalue weighted by atomic mass is 35.5. The van der Waals surface area contributed by atoms with Gasteiger partial charge in [-0.1, -0.05) is 11.6 Å². The fraction of sp³-hybridized carbons (Fsp3) is 0.222. The molecule has 0 unspecified atom stereocenters. The average molecular weight is 377 g/mol. The maximum atomic E-state index is 12.0. The van der Waals surface area contributed by atoms with Gasteiger partial charge in [-0.2, -0.15) is 0 Å². The first kappa shape index (κ1) is 19.4. The first-order valence-corrected chi connectivity index (χ1v) is 8.08. The van der Waals surface area contributed by atoms with Gasteiger partial charge in [-0.05, 0) is 50.2 Å². The summed E-state index contributed by atoms with van der Waals surface area (Å²) in [5, 5.41) is 2.95. The summed E-state index contributed by atoms with van der Waals surface area (Å²) in [5.74, 6) is -0.587. The molecule has 1 aromatic carbocycles. The van der Waals surface area contributed by atoms with Crippen LogP contribution in [0.15, 0.2) is 42.6 Å². The number of carbonyl (C=O) groups excluding carboxylic acids is 3. The summed E-state index contributed by atoms with van der Waals surface area (Å²) in [6.07, 6.45) is 0.364. The van der Waals surface area contributed by atoms with E-state index in [1.54, 1.807) is 30.3 Å². The molecule has 0 radical (unpaired) electrons. The van der Waals surface area contributed by atoms with Gasteiger partial charge < -0.3 is 14.8 Å². The van der Waals surface area contributed by atoms with Crippen molar-refractivity contribution in [3.05, 3.63) is 53.2 Å². The van der Waals surface area contributed by atoms with E-state index in [9.17, 15) is 14.4 Å². The van der Waals surface area contributed by atoms with Crippen molar-refractivity contribution in [2.75, 3.05) is 11.9 Å². The molecule has 0 spiro atoms. The lowest BCUT2D eigenvalue weighted by molar-refractivity contribution is -0.155. The van der Waals surface area contributed by atoms with E-state index in [1.807, 2.05) is 0 Å². The molecule has 8 heteroatoms. The van der Waals surface area contributed by atoms with Gasteiger partial charge in [0.1, 0.15) is 11.6 Å². The van der Waals surface area contributed by atoms with Crippen molar-refractivity contribution in [3.63, 3.8) is 0 Å². The summed E-state index contributed by atoms with van der Waals surface area (Å²) in [5.41, 5.74) is 0.543.